The molecule has 3 aromatic heterocycles. The molecule has 0 aliphatic rings. The fraction of sp³-hybridized carbons (Fsp3) is 0.345. The third kappa shape index (κ3) is 7.56. The summed E-state index contributed by atoms with van der Waals surface area (Å²) in [5, 5.41) is 2.88. The summed E-state index contributed by atoms with van der Waals surface area (Å²) in [6, 6.07) is 8.07. The van der Waals surface area contributed by atoms with Crippen molar-refractivity contribution in [2.45, 2.75) is 65.8 Å². The SMILES string of the molecule is Cc1nc2ccc(F)cn2c1-c1nc(Nc2ccc(C(F)(F)F)cc2)cc(N(C(=O)OC(C)(C)C)C(=O)OC(C)(C)C)n1. The lowest BCUT2D eigenvalue weighted by Gasteiger charge is -2.28. The molecule has 10 nitrogen and oxygen atoms in total. The first kappa shape index (κ1) is 31.2. The van der Waals surface area contributed by atoms with Crippen molar-refractivity contribution in [2.24, 2.45) is 0 Å². The Labute approximate surface area is 244 Å². The number of alkyl halides is 3. The Bertz CT molecular complexity index is 1640. The number of aromatic nitrogens is 4. The van der Waals surface area contributed by atoms with Crippen LogP contribution in [0.1, 0.15) is 52.8 Å². The van der Waals surface area contributed by atoms with Gasteiger partial charge >= 0.3 is 18.4 Å². The molecule has 2 amide bonds. The lowest BCUT2D eigenvalue weighted by atomic mass is 10.2. The molecule has 0 fully saturated rings. The predicted octanol–water partition coefficient (Wildman–Crippen LogP) is 7.68. The van der Waals surface area contributed by atoms with Crippen LogP contribution in [0.2, 0.25) is 0 Å². The van der Waals surface area contributed by atoms with E-state index in [2.05, 4.69) is 20.3 Å². The average Bonchev–Trinajstić information content (AvgIpc) is 3.16. The van der Waals surface area contributed by atoms with Crippen LogP contribution >= 0.6 is 0 Å². The molecule has 0 saturated heterocycles. The fourth-order valence-electron chi connectivity index (χ4n) is 3.89. The number of hydrogen-bond acceptors (Lipinski definition) is 8. The highest BCUT2D eigenvalue weighted by Gasteiger charge is 2.35. The molecule has 1 aromatic carbocycles. The van der Waals surface area contributed by atoms with Gasteiger partial charge in [-0.25, -0.2) is 28.9 Å². The summed E-state index contributed by atoms with van der Waals surface area (Å²) in [4.78, 5) is 40.6. The summed E-state index contributed by atoms with van der Waals surface area (Å²) in [5.74, 6) is -0.953. The number of ether oxygens (including phenoxy) is 2. The Kier molecular flexibility index (Phi) is 8.09. The molecule has 0 aliphatic carbocycles. The van der Waals surface area contributed by atoms with E-state index in [1.807, 2.05) is 0 Å². The van der Waals surface area contributed by atoms with E-state index >= 15 is 0 Å². The maximum Gasteiger partial charge on any atom is 0.425 e. The molecule has 0 unspecified atom stereocenters. The van der Waals surface area contributed by atoms with Crippen LogP contribution in [0.5, 0.6) is 0 Å². The van der Waals surface area contributed by atoms with Crippen molar-refractivity contribution < 1.29 is 36.6 Å². The van der Waals surface area contributed by atoms with Crippen LogP contribution in [0.4, 0.5) is 44.5 Å². The Balaban J connectivity index is 1.91. The van der Waals surface area contributed by atoms with E-state index in [4.69, 9.17) is 9.47 Å². The van der Waals surface area contributed by atoms with Gasteiger partial charge in [-0.2, -0.15) is 18.1 Å². The molecule has 0 spiro atoms. The number of benzene rings is 1. The molecule has 14 heteroatoms. The Morgan fingerprint density at radius 2 is 1.44 bits per heavy atom. The number of nitrogens with one attached hydrogen (secondary N) is 1. The van der Waals surface area contributed by atoms with Crippen molar-refractivity contribution in [2.75, 3.05) is 10.2 Å². The van der Waals surface area contributed by atoms with E-state index in [0.717, 1.165) is 12.1 Å². The van der Waals surface area contributed by atoms with Gasteiger partial charge in [-0.3, -0.25) is 4.40 Å². The smallest absolute Gasteiger partial charge is 0.425 e. The van der Waals surface area contributed by atoms with E-state index in [-0.39, 0.29) is 28.8 Å². The molecule has 0 atom stereocenters. The van der Waals surface area contributed by atoms with Gasteiger partial charge < -0.3 is 14.8 Å². The second-order valence-electron chi connectivity index (χ2n) is 11.6. The normalized spacial score (nSPS) is 12.3. The highest BCUT2D eigenvalue weighted by atomic mass is 19.4. The highest BCUT2D eigenvalue weighted by Crippen LogP contribution is 2.32. The lowest BCUT2D eigenvalue weighted by molar-refractivity contribution is -0.137. The van der Waals surface area contributed by atoms with Crippen LogP contribution in [-0.4, -0.2) is 42.7 Å². The first-order chi connectivity index (χ1) is 19.8. The zero-order chi connectivity index (χ0) is 31.9. The topological polar surface area (TPSA) is 111 Å². The number of aryl methyl sites for hydroxylation is 1. The summed E-state index contributed by atoms with van der Waals surface area (Å²) in [6.45, 7) is 11.3. The van der Waals surface area contributed by atoms with Crippen molar-refractivity contribution in [3.63, 3.8) is 0 Å². The standard InChI is InChI=1S/C29H30F4N6O4/c1-16-23(38-15-18(30)10-13-21(38)34-16)24-36-20(35-19-11-8-17(9-12-19)29(31,32)33)14-22(37-24)39(25(40)42-27(2,3)4)26(41)43-28(5,6)7/h8-15H,1-7H3,(H,35,36,37). The van der Waals surface area contributed by atoms with E-state index in [1.165, 1.54) is 40.9 Å². The molecule has 0 aliphatic heterocycles. The van der Waals surface area contributed by atoms with Crippen molar-refractivity contribution in [3.8, 4) is 11.5 Å². The van der Waals surface area contributed by atoms with Crippen LogP contribution in [-0.2, 0) is 15.7 Å². The zero-order valence-electron chi connectivity index (χ0n) is 24.5. The Hall–Kier alpha value is -4.75. The number of carbonyl (C=O) groups is 2. The van der Waals surface area contributed by atoms with Gasteiger partial charge in [0.2, 0.25) is 0 Å². The van der Waals surface area contributed by atoms with Crippen molar-refractivity contribution in [1.29, 1.82) is 0 Å². The van der Waals surface area contributed by atoms with Crippen molar-refractivity contribution >= 4 is 35.2 Å². The van der Waals surface area contributed by atoms with Gasteiger partial charge in [-0.05, 0) is 84.9 Å². The van der Waals surface area contributed by atoms with Crippen LogP contribution < -0.4 is 10.2 Å². The van der Waals surface area contributed by atoms with Gasteiger partial charge in [-0.15, -0.1) is 0 Å². The molecular formula is C29H30F4N6O4. The van der Waals surface area contributed by atoms with Gasteiger partial charge in [0.1, 0.15) is 34.2 Å². The quantitative estimate of drug-likeness (QED) is 0.237. The lowest BCUT2D eigenvalue weighted by Crippen LogP contribution is -2.44. The van der Waals surface area contributed by atoms with E-state index in [1.54, 1.807) is 48.5 Å². The van der Waals surface area contributed by atoms with Gasteiger partial charge in [-0.1, -0.05) is 0 Å². The number of rotatable bonds is 4. The van der Waals surface area contributed by atoms with Gasteiger partial charge in [0.15, 0.2) is 11.6 Å². The van der Waals surface area contributed by atoms with E-state index in [9.17, 15) is 27.2 Å². The number of imidazole rings is 1. The van der Waals surface area contributed by atoms with Crippen LogP contribution in [0.15, 0.2) is 48.7 Å². The highest BCUT2D eigenvalue weighted by molar-refractivity contribution is 6.09. The maximum atomic E-state index is 14.2. The predicted molar refractivity (Wildman–Crippen MR) is 151 cm³/mol. The first-order valence-electron chi connectivity index (χ1n) is 13.0. The van der Waals surface area contributed by atoms with E-state index < -0.39 is 40.9 Å². The summed E-state index contributed by atoms with van der Waals surface area (Å²) in [5.41, 5.74) is -1.66. The third-order valence-corrected chi connectivity index (χ3v) is 5.55. The molecule has 43 heavy (non-hydrogen) atoms. The van der Waals surface area contributed by atoms with Gasteiger partial charge in [0.25, 0.3) is 0 Å². The summed E-state index contributed by atoms with van der Waals surface area (Å²) < 4.78 is 65.9. The number of amides is 2. The summed E-state index contributed by atoms with van der Waals surface area (Å²) >= 11 is 0. The second-order valence-corrected chi connectivity index (χ2v) is 11.6. The molecular weight excluding hydrogens is 572 g/mol. The molecule has 0 radical (unpaired) electrons. The van der Waals surface area contributed by atoms with Crippen molar-refractivity contribution in [1.82, 2.24) is 19.4 Å². The number of carbonyl (C=O) groups excluding carboxylic acids is 2. The molecule has 4 rings (SSSR count). The Morgan fingerprint density at radius 3 is 1.98 bits per heavy atom. The van der Waals surface area contributed by atoms with Gasteiger partial charge in [0, 0.05) is 18.0 Å². The number of nitrogens with zero attached hydrogens (tertiary/aromatic N) is 5. The zero-order valence-corrected chi connectivity index (χ0v) is 24.5. The third-order valence-electron chi connectivity index (χ3n) is 5.55. The number of halogens is 4. The Morgan fingerprint density at radius 1 is 0.860 bits per heavy atom. The minimum Gasteiger partial charge on any atom is -0.443 e. The van der Waals surface area contributed by atoms with Gasteiger partial charge in [0.05, 0.1) is 11.3 Å². The molecule has 0 bridgehead atoms. The van der Waals surface area contributed by atoms with Crippen molar-refractivity contribution in [3.05, 3.63) is 65.7 Å². The molecule has 1 N–H and O–H groups in total. The monoisotopic (exact) mass is 602 g/mol. The summed E-state index contributed by atoms with van der Waals surface area (Å²) in [6.07, 6.45) is -5.57. The van der Waals surface area contributed by atoms with Crippen LogP contribution in [0, 0.1) is 12.7 Å². The number of hydrogen-bond donors (Lipinski definition) is 1. The minimum absolute atomic E-state index is 0.0115. The molecule has 228 valence electrons. The van der Waals surface area contributed by atoms with Crippen LogP contribution in [0.25, 0.3) is 17.2 Å². The molecule has 4 aromatic rings. The van der Waals surface area contributed by atoms with E-state index in [0.29, 0.717) is 16.2 Å². The van der Waals surface area contributed by atoms with Crippen LogP contribution in [0.3, 0.4) is 0 Å². The number of pyridine rings is 1. The second kappa shape index (κ2) is 11.2. The number of anilines is 3. The summed E-state index contributed by atoms with van der Waals surface area (Å²) in [7, 11) is 0. The molecule has 3 heterocycles. The first-order valence-corrected chi connectivity index (χ1v) is 13.0. The largest absolute Gasteiger partial charge is 0.443 e. The average molecular weight is 603 g/mol. The maximum absolute atomic E-state index is 14.2. The number of imide groups is 1. The minimum atomic E-state index is -4.54. The molecule has 0 saturated carbocycles. The fourth-order valence-corrected chi connectivity index (χ4v) is 3.89. The number of fused-ring (bicyclic) bond motifs is 1.